The van der Waals surface area contributed by atoms with Crippen LogP contribution in [-0.2, 0) is 33.4 Å². The Morgan fingerprint density at radius 1 is 1.15 bits per heavy atom. The summed E-state index contributed by atoms with van der Waals surface area (Å²) in [6.45, 7) is 3.97. The average molecular weight is 469 g/mol. The normalized spacial score (nSPS) is 34.2. The SMILES string of the molecule is CCN1C(C)=C(C(=O)OC)[C@H](c2ccccc2)N2C(=O)[C@]3(C(=O)OC)O[C@]12[C@H]1C(=O)CCC[C@H]13. The van der Waals surface area contributed by atoms with Gasteiger partial charge in [0.15, 0.2) is 0 Å². The number of fused-ring (bicyclic) bond motifs is 3. The predicted molar refractivity (Wildman–Crippen MR) is 118 cm³/mol. The molecule has 1 saturated carbocycles. The lowest BCUT2D eigenvalue weighted by Gasteiger charge is -2.56. The molecule has 1 spiro atoms. The predicted octanol–water partition coefficient (Wildman–Crippen LogP) is 1.93. The van der Waals surface area contributed by atoms with Crippen LogP contribution in [0.2, 0.25) is 0 Å². The summed E-state index contributed by atoms with van der Waals surface area (Å²) in [6.07, 6.45) is 1.40. The molecule has 5 atom stereocenters. The second-order valence-corrected chi connectivity index (χ2v) is 9.15. The van der Waals surface area contributed by atoms with Crippen molar-refractivity contribution in [3.8, 4) is 0 Å². The maximum atomic E-state index is 14.3. The minimum Gasteiger partial charge on any atom is -0.466 e. The topological polar surface area (TPSA) is 102 Å². The summed E-state index contributed by atoms with van der Waals surface area (Å²) in [6, 6.07) is 8.16. The number of ether oxygens (including phenoxy) is 3. The largest absolute Gasteiger partial charge is 0.466 e. The van der Waals surface area contributed by atoms with Crippen molar-refractivity contribution in [2.24, 2.45) is 11.8 Å². The lowest BCUT2D eigenvalue weighted by Crippen LogP contribution is -2.71. The lowest BCUT2D eigenvalue weighted by molar-refractivity contribution is -0.223. The number of allylic oxidation sites excluding steroid dienone is 1. The fraction of sp³-hybridized carbons (Fsp3) is 0.520. The molecule has 2 saturated heterocycles. The van der Waals surface area contributed by atoms with Crippen LogP contribution in [0.1, 0.15) is 44.7 Å². The van der Waals surface area contributed by atoms with Crippen molar-refractivity contribution in [3.63, 3.8) is 0 Å². The number of ketones is 1. The summed E-state index contributed by atoms with van der Waals surface area (Å²) < 4.78 is 16.8. The average Bonchev–Trinajstić information content (AvgIpc) is 3.30. The Morgan fingerprint density at radius 2 is 1.85 bits per heavy atom. The maximum absolute atomic E-state index is 14.3. The Bertz CT molecular complexity index is 1120. The summed E-state index contributed by atoms with van der Waals surface area (Å²) in [5, 5.41) is 0. The van der Waals surface area contributed by atoms with E-state index < -0.39 is 47.2 Å². The van der Waals surface area contributed by atoms with Gasteiger partial charge in [0.25, 0.3) is 11.5 Å². The third kappa shape index (κ3) is 2.48. The van der Waals surface area contributed by atoms with Crippen molar-refractivity contribution >= 4 is 23.6 Å². The number of methoxy groups -OCH3 is 2. The zero-order valence-electron chi connectivity index (χ0n) is 19.7. The van der Waals surface area contributed by atoms with Gasteiger partial charge in [0.05, 0.1) is 31.8 Å². The first-order valence-electron chi connectivity index (χ1n) is 11.6. The Labute approximate surface area is 197 Å². The Hall–Kier alpha value is -3.20. The summed E-state index contributed by atoms with van der Waals surface area (Å²) >= 11 is 0. The molecule has 9 nitrogen and oxygen atoms in total. The monoisotopic (exact) mass is 468 g/mol. The van der Waals surface area contributed by atoms with Gasteiger partial charge < -0.3 is 19.1 Å². The molecule has 4 aliphatic rings. The Kier molecular flexibility index (Phi) is 5.09. The van der Waals surface area contributed by atoms with Crippen molar-refractivity contribution in [1.29, 1.82) is 0 Å². The highest BCUT2D eigenvalue weighted by atomic mass is 16.6. The van der Waals surface area contributed by atoms with Gasteiger partial charge in [-0.25, -0.2) is 9.59 Å². The summed E-state index contributed by atoms with van der Waals surface area (Å²) in [5.41, 5.74) is -0.471. The number of hydrogen-bond donors (Lipinski definition) is 0. The Morgan fingerprint density at radius 3 is 2.47 bits per heavy atom. The third-order valence-electron chi connectivity index (χ3n) is 7.85. The molecule has 1 amide bonds. The number of carbonyl (C=O) groups is 4. The number of hydrogen-bond acceptors (Lipinski definition) is 8. The first-order valence-corrected chi connectivity index (χ1v) is 11.6. The van der Waals surface area contributed by atoms with E-state index in [1.54, 1.807) is 24.0 Å². The molecule has 0 radical (unpaired) electrons. The first-order chi connectivity index (χ1) is 16.3. The Balaban J connectivity index is 1.85. The fourth-order valence-electron chi connectivity index (χ4n) is 6.64. The molecular weight excluding hydrogens is 440 g/mol. The zero-order valence-corrected chi connectivity index (χ0v) is 19.7. The minimum atomic E-state index is -1.94. The van der Waals surface area contributed by atoms with Gasteiger partial charge in [0.2, 0.25) is 5.85 Å². The molecular formula is C25H28N2O7. The van der Waals surface area contributed by atoms with E-state index in [0.717, 1.165) is 0 Å². The molecule has 1 aromatic rings. The van der Waals surface area contributed by atoms with Crippen LogP contribution in [0.25, 0.3) is 0 Å². The first kappa shape index (κ1) is 22.6. The summed E-state index contributed by atoms with van der Waals surface area (Å²) in [5.74, 6) is -4.97. The van der Waals surface area contributed by atoms with Crippen LogP contribution < -0.4 is 0 Å². The molecule has 0 aromatic heterocycles. The molecule has 1 aliphatic carbocycles. The van der Waals surface area contributed by atoms with Crippen molar-refractivity contribution in [1.82, 2.24) is 9.80 Å². The summed E-state index contributed by atoms with van der Waals surface area (Å²) in [7, 11) is 2.50. The van der Waals surface area contributed by atoms with Crippen LogP contribution in [0, 0.1) is 11.8 Å². The smallest absolute Gasteiger partial charge is 0.348 e. The molecule has 1 aromatic carbocycles. The number of amides is 1. The van der Waals surface area contributed by atoms with Gasteiger partial charge >= 0.3 is 11.9 Å². The number of piperidine rings is 1. The van der Waals surface area contributed by atoms with Crippen LogP contribution >= 0.6 is 0 Å². The van der Waals surface area contributed by atoms with E-state index in [9.17, 15) is 19.2 Å². The number of Topliss-reactive ketones (excluding diaryl/α,β-unsaturated/α-hetero) is 1. The van der Waals surface area contributed by atoms with Crippen LogP contribution in [0.5, 0.6) is 0 Å². The molecule has 3 heterocycles. The number of benzene rings is 1. The van der Waals surface area contributed by atoms with E-state index >= 15 is 0 Å². The maximum Gasteiger partial charge on any atom is 0.348 e. The molecule has 0 N–H and O–H groups in total. The second kappa shape index (κ2) is 7.66. The van der Waals surface area contributed by atoms with Crippen molar-refractivity contribution in [2.75, 3.05) is 20.8 Å². The highest BCUT2D eigenvalue weighted by Crippen LogP contribution is 2.65. The van der Waals surface area contributed by atoms with E-state index in [0.29, 0.717) is 37.1 Å². The zero-order chi connectivity index (χ0) is 24.4. The van der Waals surface area contributed by atoms with Crippen LogP contribution in [0.4, 0.5) is 0 Å². The number of carbonyl (C=O) groups excluding carboxylic acids is 4. The van der Waals surface area contributed by atoms with E-state index in [2.05, 4.69) is 0 Å². The molecule has 2 bridgehead atoms. The molecule has 34 heavy (non-hydrogen) atoms. The highest BCUT2D eigenvalue weighted by molar-refractivity contribution is 6.12. The van der Waals surface area contributed by atoms with Gasteiger partial charge in [-0.2, -0.15) is 0 Å². The van der Waals surface area contributed by atoms with Gasteiger partial charge in [0.1, 0.15) is 5.78 Å². The number of esters is 2. The van der Waals surface area contributed by atoms with Gasteiger partial charge in [0, 0.05) is 24.6 Å². The van der Waals surface area contributed by atoms with E-state index in [1.807, 2.05) is 25.1 Å². The lowest BCUT2D eigenvalue weighted by atomic mass is 9.65. The minimum absolute atomic E-state index is 0.0564. The quantitative estimate of drug-likeness (QED) is 0.488. The fourth-order valence-corrected chi connectivity index (χ4v) is 6.64. The highest BCUT2D eigenvalue weighted by Gasteiger charge is 2.84. The molecule has 5 rings (SSSR count). The standard InChI is InChI=1S/C25H28N2O7/c1-5-26-14(2)18(21(29)32-3)20(15-10-7-6-8-11-15)27-22(30)24(23(31)33-4)16-12-9-13-17(28)19(16)25(26,27)34-24/h6-8,10-11,16,19-20H,5,9,12-13H2,1-4H3/t16-,19-,20+,24-,25-/m1/s1. The van der Waals surface area contributed by atoms with Crippen LogP contribution in [0.3, 0.4) is 0 Å². The number of rotatable bonds is 4. The van der Waals surface area contributed by atoms with Crippen molar-refractivity contribution in [2.45, 2.75) is 50.6 Å². The van der Waals surface area contributed by atoms with Gasteiger partial charge in [-0.05, 0) is 32.3 Å². The summed E-state index contributed by atoms with van der Waals surface area (Å²) in [4.78, 5) is 57.3. The van der Waals surface area contributed by atoms with E-state index in [4.69, 9.17) is 14.2 Å². The van der Waals surface area contributed by atoms with E-state index in [1.165, 1.54) is 19.1 Å². The molecule has 3 aliphatic heterocycles. The second-order valence-electron chi connectivity index (χ2n) is 9.15. The van der Waals surface area contributed by atoms with Gasteiger partial charge in [-0.15, -0.1) is 0 Å². The van der Waals surface area contributed by atoms with Gasteiger partial charge in [-0.1, -0.05) is 30.3 Å². The third-order valence-corrected chi connectivity index (χ3v) is 7.85. The molecule has 0 unspecified atom stereocenters. The molecule has 3 fully saturated rings. The molecule has 180 valence electrons. The number of nitrogens with zero attached hydrogens (tertiary/aromatic N) is 2. The van der Waals surface area contributed by atoms with Gasteiger partial charge in [-0.3, -0.25) is 14.5 Å². The van der Waals surface area contributed by atoms with Crippen molar-refractivity contribution < 1.29 is 33.4 Å². The van der Waals surface area contributed by atoms with Crippen LogP contribution in [0.15, 0.2) is 41.6 Å². The molecule has 9 heteroatoms. The van der Waals surface area contributed by atoms with Crippen molar-refractivity contribution in [3.05, 3.63) is 47.2 Å². The van der Waals surface area contributed by atoms with Crippen LogP contribution in [-0.4, -0.2) is 65.6 Å². The van der Waals surface area contributed by atoms with E-state index in [-0.39, 0.29) is 11.4 Å².